The SMILES string of the molecule is CC(C)(Oc1ccc(Cl)cc1)C(=O)Nc1ccccc1N1CCN(S(C)(=O)=O)CC1. The number of carbonyl (C=O) groups excluding carboxylic acids is 1. The predicted octanol–water partition coefficient (Wildman–Crippen LogP) is 3.22. The van der Waals surface area contributed by atoms with Crippen molar-refractivity contribution in [2.75, 3.05) is 42.7 Å². The summed E-state index contributed by atoms with van der Waals surface area (Å²) in [5.41, 5.74) is 0.389. The van der Waals surface area contributed by atoms with Gasteiger partial charge >= 0.3 is 0 Å². The molecule has 0 saturated carbocycles. The van der Waals surface area contributed by atoms with Crippen molar-refractivity contribution < 1.29 is 17.9 Å². The molecule has 1 heterocycles. The molecule has 30 heavy (non-hydrogen) atoms. The van der Waals surface area contributed by atoms with Crippen LogP contribution in [-0.2, 0) is 14.8 Å². The van der Waals surface area contributed by atoms with Gasteiger partial charge in [0.25, 0.3) is 5.91 Å². The van der Waals surface area contributed by atoms with E-state index < -0.39 is 15.6 Å². The molecule has 1 fully saturated rings. The first-order valence-electron chi connectivity index (χ1n) is 9.61. The van der Waals surface area contributed by atoms with Crippen LogP contribution in [-0.4, -0.2) is 56.7 Å². The number of nitrogens with zero attached hydrogens (tertiary/aromatic N) is 2. The van der Waals surface area contributed by atoms with Crippen LogP contribution >= 0.6 is 11.6 Å². The molecule has 0 aliphatic carbocycles. The summed E-state index contributed by atoms with van der Waals surface area (Å²) >= 11 is 5.90. The van der Waals surface area contributed by atoms with Crippen LogP contribution in [0.25, 0.3) is 0 Å². The van der Waals surface area contributed by atoms with E-state index in [0.717, 1.165) is 5.69 Å². The second kappa shape index (κ2) is 8.83. The van der Waals surface area contributed by atoms with E-state index in [1.807, 2.05) is 24.3 Å². The molecule has 0 spiro atoms. The number of piperazine rings is 1. The van der Waals surface area contributed by atoms with Crippen LogP contribution < -0.4 is 15.0 Å². The monoisotopic (exact) mass is 451 g/mol. The maximum absolute atomic E-state index is 13.0. The minimum absolute atomic E-state index is 0.292. The van der Waals surface area contributed by atoms with Crippen LogP contribution in [0.5, 0.6) is 5.75 Å². The Balaban J connectivity index is 1.71. The molecule has 1 amide bonds. The average Bonchev–Trinajstić information content (AvgIpc) is 2.69. The number of anilines is 2. The zero-order chi connectivity index (χ0) is 21.9. The van der Waals surface area contributed by atoms with E-state index in [0.29, 0.717) is 42.6 Å². The number of hydrogen-bond donors (Lipinski definition) is 1. The Morgan fingerprint density at radius 3 is 2.23 bits per heavy atom. The van der Waals surface area contributed by atoms with Crippen molar-refractivity contribution in [2.24, 2.45) is 0 Å². The Hall–Kier alpha value is -2.29. The van der Waals surface area contributed by atoms with E-state index in [4.69, 9.17) is 16.3 Å². The molecule has 0 unspecified atom stereocenters. The van der Waals surface area contributed by atoms with E-state index in [2.05, 4.69) is 10.2 Å². The number of rotatable bonds is 6. The summed E-state index contributed by atoms with van der Waals surface area (Å²) in [7, 11) is -3.20. The molecular weight excluding hydrogens is 426 g/mol. The van der Waals surface area contributed by atoms with E-state index in [-0.39, 0.29) is 5.91 Å². The molecule has 0 radical (unpaired) electrons. The molecule has 162 valence electrons. The second-order valence-corrected chi connectivity index (χ2v) is 10.1. The molecule has 7 nitrogen and oxygen atoms in total. The lowest BCUT2D eigenvalue weighted by Crippen LogP contribution is -2.48. The highest BCUT2D eigenvalue weighted by atomic mass is 35.5. The van der Waals surface area contributed by atoms with Crippen molar-refractivity contribution >= 4 is 38.9 Å². The van der Waals surface area contributed by atoms with Crippen molar-refractivity contribution in [1.29, 1.82) is 0 Å². The normalized spacial score (nSPS) is 15.7. The number of carbonyl (C=O) groups is 1. The Kier molecular flexibility index (Phi) is 6.59. The van der Waals surface area contributed by atoms with Gasteiger partial charge in [-0.1, -0.05) is 23.7 Å². The van der Waals surface area contributed by atoms with Crippen LogP contribution in [0.2, 0.25) is 5.02 Å². The van der Waals surface area contributed by atoms with Crippen LogP contribution in [0, 0.1) is 0 Å². The molecule has 1 aliphatic heterocycles. The highest BCUT2D eigenvalue weighted by molar-refractivity contribution is 7.88. The number of sulfonamides is 1. The highest BCUT2D eigenvalue weighted by Gasteiger charge is 2.31. The topological polar surface area (TPSA) is 79.0 Å². The van der Waals surface area contributed by atoms with Gasteiger partial charge in [-0.3, -0.25) is 4.79 Å². The summed E-state index contributed by atoms with van der Waals surface area (Å²) in [5, 5.41) is 3.55. The summed E-state index contributed by atoms with van der Waals surface area (Å²) in [6, 6.07) is 14.3. The molecule has 2 aromatic rings. The predicted molar refractivity (Wildman–Crippen MR) is 120 cm³/mol. The van der Waals surface area contributed by atoms with Gasteiger partial charge < -0.3 is 15.0 Å². The molecule has 0 bridgehead atoms. The molecular formula is C21H26ClN3O4S. The van der Waals surface area contributed by atoms with Crippen molar-refractivity contribution in [3.8, 4) is 5.75 Å². The van der Waals surface area contributed by atoms with Gasteiger partial charge in [-0.05, 0) is 50.2 Å². The van der Waals surface area contributed by atoms with E-state index in [1.54, 1.807) is 38.1 Å². The molecule has 9 heteroatoms. The Morgan fingerprint density at radius 2 is 1.63 bits per heavy atom. The third-order valence-electron chi connectivity index (χ3n) is 4.93. The molecule has 1 N–H and O–H groups in total. The minimum Gasteiger partial charge on any atom is -0.478 e. The number of benzene rings is 2. The maximum atomic E-state index is 13.0. The summed E-state index contributed by atoms with van der Waals surface area (Å²) < 4.78 is 30.8. The summed E-state index contributed by atoms with van der Waals surface area (Å²) in [6.45, 7) is 5.31. The third kappa shape index (κ3) is 5.44. The molecule has 1 aliphatic rings. The van der Waals surface area contributed by atoms with E-state index >= 15 is 0 Å². The number of hydrogen-bond acceptors (Lipinski definition) is 5. The lowest BCUT2D eigenvalue weighted by atomic mass is 10.1. The second-order valence-electron chi connectivity index (χ2n) is 7.69. The van der Waals surface area contributed by atoms with Crippen molar-refractivity contribution in [2.45, 2.75) is 19.4 Å². The number of ether oxygens (including phenoxy) is 1. The summed E-state index contributed by atoms with van der Waals surface area (Å²) in [6.07, 6.45) is 1.22. The fourth-order valence-electron chi connectivity index (χ4n) is 3.23. The molecule has 3 rings (SSSR count). The summed E-state index contributed by atoms with van der Waals surface area (Å²) in [5.74, 6) is 0.254. The highest BCUT2D eigenvalue weighted by Crippen LogP contribution is 2.29. The van der Waals surface area contributed by atoms with Crippen molar-refractivity contribution in [3.05, 3.63) is 53.6 Å². The van der Waals surface area contributed by atoms with E-state index in [1.165, 1.54) is 10.6 Å². The number of nitrogens with one attached hydrogen (secondary N) is 1. The average molecular weight is 452 g/mol. The quantitative estimate of drug-likeness (QED) is 0.729. The zero-order valence-electron chi connectivity index (χ0n) is 17.3. The van der Waals surface area contributed by atoms with Crippen molar-refractivity contribution in [3.63, 3.8) is 0 Å². The van der Waals surface area contributed by atoms with Gasteiger partial charge in [-0.25, -0.2) is 8.42 Å². The molecule has 0 atom stereocenters. The fourth-order valence-corrected chi connectivity index (χ4v) is 4.18. The lowest BCUT2D eigenvalue weighted by Gasteiger charge is -2.36. The Labute approximate surface area is 182 Å². The van der Waals surface area contributed by atoms with Crippen LogP contribution in [0.4, 0.5) is 11.4 Å². The smallest absolute Gasteiger partial charge is 0.268 e. The first-order valence-corrected chi connectivity index (χ1v) is 11.8. The van der Waals surface area contributed by atoms with Crippen LogP contribution in [0.1, 0.15) is 13.8 Å². The van der Waals surface area contributed by atoms with Crippen LogP contribution in [0.15, 0.2) is 48.5 Å². The first kappa shape index (κ1) is 22.4. The number of para-hydroxylation sites is 2. The molecule has 0 aromatic heterocycles. The van der Waals surface area contributed by atoms with Gasteiger partial charge in [0, 0.05) is 31.2 Å². The van der Waals surface area contributed by atoms with Gasteiger partial charge in [-0.15, -0.1) is 0 Å². The maximum Gasteiger partial charge on any atom is 0.268 e. The largest absolute Gasteiger partial charge is 0.478 e. The first-order chi connectivity index (χ1) is 14.1. The standard InChI is InChI=1S/C21H26ClN3O4S/c1-21(2,29-17-10-8-16(22)9-11-17)20(26)23-18-6-4-5-7-19(18)24-12-14-25(15-13-24)30(3,27)28/h4-11H,12-15H2,1-3H3,(H,23,26). The third-order valence-corrected chi connectivity index (χ3v) is 6.49. The van der Waals surface area contributed by atoms with Crippen molar-refractivity contribution in [1.82, 2.24) is 4.31 Å². The fraction of sp³-hybridized carbons (Fsp3) is 0.381. The summed E-state index contributed by atoms with van der Waals surface area (Å²) in [4.78, 5) is 15.0. The van der Waals surface area contributed by atoms with Gasteiger partial charge in [0.15, 0.2) is 5.60 Å². The van der Waals surface area contributed by atoms with Crippen LogP contribution in [0.3, 0.4) is 0 Å². The zero-order valence-corrected chi connectivity index (χ0v) is 18.8. The number of halogens is 1. The van der Waals surface area contributed by atoms with Gasteiger partial charge in [0.05, 0.1) is 17.6 Å². The minimum atomic E-state index is -3.20. The lowest BCUT2D eigenvalue weighted by molar-refractivity contribution is -0.128. The Morgan fingerprint density at radius 1 is 1.03 bits per heavy atom. The van der Waals surface area contributed by atoms with Gasteiger partial charge in [0.1, 0.15) is 5.75 Å². The number of amides is 1. The van der Waals surface area contributed by atoms with Gasteiger partial charge in [-0.2, -0.15) is 4.31 Å². The van der Waals surface area contributed by atoms with E-state index in [9.17, 15) is 13.2 Å². The Bertz CT molecular complexity index is 1000. The molecule has 2 aromatic carbocycles. The molecule has 1 saturated heterocycles. The van der Waals surface area contributed by atoms with Gasteiger partial charge in [0.2, 0.25) is 10.0 Å².